The Bertz CT molecular complexity index is 764. The number of carbonyl (C=O) groups is 1. The molecule has 1 saturated heterocycles. The lowest BCUT2D eigenvalue weighted by Gasteiger charge is -2.38. The fraction of sp³-hybridized carbons (Fsp3) is 0.545. The molecule has 1 fully saturated rings. The number of piperidine rings is 1. The third-order valence-corrected chi connectivity index (χ3v) is 5.66. The summed E-state index contributed by atoms with van der Waals surface area (Å²) in [4.78, 5) is 15.4. The second-order valence-corrected chi connectivity index (χ2v) is 8.07. The minimum Gasteiger partial charge on any atom is -0.493 e. The molecule has 0 aliphatic carbocycles. The van der Waals surface area contributed by atoms with Crippen molar-refractivity contribution in [2.24, 2.45) is 11.8 Å². The van der Waals surface area contributed by atoms with Gasteiger partial charge in [0.05, 0.1) is 19.0 Å². The van der Waals surface area contributed by atoms with Crippen LogP contribution in [-0.2, 0) is 0 Å². The molecule has 1 aliphatic heterocycles. The molecule has 1 aromatic heterocycles. The van der Waals surface area contributed by atoms with Crippen molar-refractivity contribution in [3.8, 4) is 11.4 Å². The van der Waals surface area contributed by atoms with Crippen molar-refractivity contribution in [1.82, 2.24) is 20.0 Å². The number of methoxy groups -OCH3 is 1. The zero-order valence-corrected chi connectivity index (χ0v) is 17.4. The first-order valence-electron chi connectivity index (χ1n) is 10.2. The predicted octanol–water partition coefficient (Wildman–Crippen LogP) is 3.37. The Morgan fingerprint density at radius 2 is 1.93 bits per heavy atom. The summed E-state index contributed by atoms with van der Waals surface area (Å²) in [7, 11) is 1.56. The van der Waals surface area contributed by atoms with Gasteiger partial charge in [0.2, 0.25) is 0 Å². The Kier molecular flexibility index (Phi) is 6.73. The quantitative estimate of drug-likeness (QED) is 0.795. The number of rotatable bonds is 7. The highest BCUT2D eigenvalue weighted by Crippen LogP contribution is 2.22. The van der Waals surface area contributed by atoms with Gasteiger partial charge in [-0.1, -0.05) is 39.0 Å². The van der Waals surface area contributed by atoms with Gasteiger partial charge in [0.1, 0.15) is 0 Å². The van der Waals surface area contributed by atoms with Gasteiger partial charge < -0.3 is 10.1 Å². The number of hydrogen-bond donors (Lipinski definition) is 1. The average molecular weight is 385 g/mol. The molecule has 0 radical (unpaired) electrons. The first-order valence-corrected chi connectivity index (χ1v) is 10.2. The Labute approximate surface area is 167 Å². The summed E-state index contributed by atoms with van der Waals surface area (Å²) in [5.74, 6) is 1.55. The van der Waals surface area contributed by atoms with Crippen molar-refractivity contribution in [3.63, 3.8) is 0 Å². The molecule has 1 amide bonds. The summed E-state index contributed by atoms with van der Waals surface area (Å²) in [6, 6.07) is 10.1. The van der Waals surface area contributed by atoms with E-state index in [0.717, 1.165) is 24.7 Å². The monoisotopic (exact) mass is 384 g/mol. The molecule has 2 aromatic rings. The van der Waals surface area contributed by atoms with E-state index in [2.05, 4.69) is 36.1 Å². The number of amides is 1. The molecule has 2 heterocycles. The molecule has 0 saturated carbocycles. The smallest absolute Gasteiger partial charge is 0.275 e. The molecule has 1 unspecified atom stereocenters. The number of ether oxygens (including phenoxy) is 1. The van der Waals surface area contributed by atoms with E-state index in [9.17, 15) is 4.79 Å². The van der Waals surface area contributed by atoms with Crippen LogP contribution in [0.2, 0.25) is 0 Å². The maximum Gasteiger partial charge on any atom is 0.275 e. The number of nitrogens with one attached hydrogen (secondary N) is 1. The molecule has 1 aromatic carbocycles. The van der Waals surface area contributed by atoms with E-state index in [1.54, 1.807) is 18.0 Å². The minimum absolute atomic E-state index is 0.192. The number of benzene rings is 1. The van der Waals surface area contributed by atoms with E-state index in [0.29, 0.717) is 29.9 Å². The van der Waals surface area contributed by atoms with Crippen LogP contribution in [0.25, 0.3) is 5.69 Å². The van der Waals surface area contributed by atoms with Crippen LogP contribution < -0.4 is 10.1 Å². The van der Waals surface area contributed by atoms with Crippen LogP contribution in [0, 0.1) is 11.8 Å². The predicted molar refractivity (Wildman–Crippen MR) is 111 cm³/mol. The molecule has 0 spiro atoms. The molecule has 1 atom stereocenters. The van der Waals surface area contributed by atoms with Crippen molar-refractivity contribution in [1.29, 1.82) is 0 Å². The van der Waals surface area contributed by atoms with Crippen LogP contribution in [0.3, 0.4) is 0 Å². The van der Waals surface area contributed by atoms with Crippen LogP contribution in [0.5, 0.6) is 5.75 Å². The van der Waals surface area contributed by atoms with Crippen molar-refractivity contribution >= 4 is 5.91 Å². The first kappa shape index (κ1) is 20.4. The Morgan fingerprint density at radius 1 is 1.25 bits per heavy atom. The zero-order valence-electron chi connectivity index (χ0n) is 17.4. The molecular weight excluding hydrogens is 352 g/mol. The molecule has 1 N–H and O–H groups in total. The summed E-state index contributed by atoms with van der Waals surface area (Å²) in [6.45, 7) is 9.59. The lowest BCUT2D eigenvalue weighted by molar-refractivity contribution is 0.0856. The standard InChI is InChI=1S/C22H32N4O2/c1-16(2)19(25-12-10-17(3)11-13-25)14-23-22(27)21-20(28-4)15-26(24-21)18-8-6-5-7-9-18/h5-9,15-17,19H,10-14H2,1-4H3,(H,23,27). The van der Waals surface area contributed by atoms with E-state index in [1.165, 1.54) is 12.8 Å². The van der Waals surface area contributed by atoms with Crippen molar-refractivity contribution in [2.75, 3.05) is 26.7 Å². The van der Waals surface area contributed by atoms with Gasteiger partial charge in [0.15, 0.2) is 11.4 Å². The summed E-state index contributed by atoms with van der Waals surface area (Å²) in [5.41, 5.74) is 1.21. The van der Waals surface area contributed by atoms with Gasteiger partial charge in [0, 0.05) is 12.6 Å². The fourth-order valence-corrected chi connectivity index (χ4v) is 3.81. The third-order valence-electron chi connectivity index (χ3n) is 5.66. The lowest BCUT2D eigenvalue weighted by Crippen LogP contribution is -2.49. The van der Waals surface area contributed by atoms with Gasteiger partial charge >= 0.3 is 0 Å². The van der Waals surface area contributed by atoms with E-state index >= 15 is 0 Å². The highest BCUT2D eigenvalue weighted by atomic mass is 16.5. The number of nitrogens with zero attached hydrogens (tertiary/aromatic N) is 3. The Morgan fingerprint density at radius 3 is 2.54 bits per heavy atom. The molecule has 0 bridgehead atoms. The van der Waals surface area contributed by atoms with Gasteiger partial charge in [-0.05, 0) is 49.9 Å². The molecule has 28 heavy (non-hydrogen) atoms. The normalized spacial score (nSPS) is 16.9. The van der Waals surface area contributed by atoms with E-state index < -0.39 is 0 Å². The van der Waals surface area contributed by atoms with E-state index in [-0.39, 0.29) is 5.91 Å². The Balaban J connectivity index is 1.69. The van der Waals surface area contributed by atoms with Gasteiger partial charge in [0.25, 0.3) is 5.91 Å². The van der Waals surface area contributed by atoms with Crippen LogP contribution in [-0.4, -0.2) is 53.4 Å². The maximum atomic E-state index is 12.8. The first-order chi connectivity index (χ1) is 13.5. The summed E-state index contributed by atoms with van der Waals surface area (Å²) in [5, 5.41) is 7.55. The summed E-state index contributed by atoms with van der Waals surface area (Å²) < 4.78 is 7.08. The Hall–Kier alpha value is -2.34. The van der Waals surface area contributed by atoms with Crippen LogP contribution in [0.4, 0.5) is 0 Å². The summed E-state index contributed by atoms with van der Waals surface area (Å²) in [6.07, 6.45) is 4.20. The number of carbonyl (C=O) groups excluding carboxylic acids is 1. The largest absolute Gasteiger partial charge is 0.493 e. The van der Waals surface area contributed by atoms with E-state index in [1.807, 2.05) is 30.3 Å². The SMILES string of the molecule is COc1cn(-c2ccccc2)nc1C(=O)NCC(C(C)C)N1CCC(C)CC1. The van der Waals surface area contributed by atoms with Crippen LogP contribution >= 0.6 is 0 Å². The molecular formula is C22H32N4O2. The number of likely N-dealkylation sites (tertiary alicyclic amines) is 1. The molecule has 6 nitrogen and oxygen atoms in total. The lowest BCUT2D eigenvalue weighted by atomic mass is 9.94. The molecule has 1 aliphatic rings. The van der Waals surface area contributed by atoms with E-state index in [4.69, 9.17) is 4.74 Å². The second-order valence-electron chi connectivity index (χ2n) is 8.07. The van der Waals surface area contributed by atoms with Gasteiger partial charge in [-0.25, -0.2) is 4.68 Å². The average Bonchev–Trinajstić information content (AvgIpc) is 3.14. The minimum atomic E-state index is -0.192. The zero-order chi connectivity index (χ0) is 20.1. The van der Waals surface area contributed by atoms with Crippen molar-refractivity contribution in [2.45, 2.75) is 39.7 Å². The highest BCUT2D eigenvalue weighted by molar-refractivity contribution is 5.95. The number of para-hydroxylation sites is 1. The molecule has 3 rings (SSSR count). The van der Waals surface area contributed by atoms with Gasteiger partial charge in [-0.15, -0.1) is 0 Å². The van der Waals surface area contributed by atoms with Gasteiger partial charge in [-0.2, -0.15) is 5.10 Å². The van der Waals surface area contributed by atoms with Crippen LogP contribution in [0.15, 0.2) is 36.5 Å². The fourth-order valence-electron chi connectivity index (χ4n) is 3.81. The maximum absolute atomic E-state index is 12.8. The second kappa shape index (κ2) is 9.24. The molecule has 6 heteroatoms. The number of hydrogen-bond acceptors (Lipinski definition) is 4. The third kappa shape index (κ3) is 4.73. The van der Waals surface area contributed by atoms with Gasteiger partial charge in [-0.3, -0.25) is 9.69 Å². The van der Waals surface area contributed by atoms with Crippen molar-refractivity contribution < 1.29 is 9.53 Å². The topological polar surface area (TPSA) is 59.4 Å². The summed E-state index contributed by atoms with van der Waals surface area (Å²) >= 11 is 0. The molecule has 152 valence electrons. The highest BCUT2D eigenvalue weighted by Gasteiger charge is 2.27. The van der Waals surface area contributed by atoms with Crippen LogP contribution in [0.1, 0.15) is 44.1 Å². The van der Waals surface area contributed by atoms with Crippen molar-refractivity contribution in [3.05, 3.63) is 42.2 Å². The number of aromatic nitrogens is 2.